The van der Waals surface area contributed by atoms with Gasteiger partial charge in [0, 0.05) is 38.5 Å². The summed E-state index contributed by atoms with van der Waals surface area (Å²) in [5, 5.41) is 4.65. The summed E-state index contributed by atoms with van der Waals surface area (Å²) in [4.78, 5) is 2.42. The summed E-state index contributed by atoms with van der Waals surface area (Å²) in [5.41, 5.74) is 16.9. The predicted octanol–water partition coefficient (Wildman–Crippen LogP) is 15.5. The van der Waals surface area contributed by atoms with Crippen LogP contribution in [0.4, 0.5) is 17.1 Å². The van der Waals surface area contributed by atoms with Crippen molar-refractivity contribution in [2.45, 2.75) is 6.92 Å². The second-order valence-electron chi connectivity index (χ2n) is 15.0. The van der Waals surface area contributed by atoms with Gasteiger partial charge in [-0.2, -0.15) is 0 Å². The molecule has 0 unspecified atom stereocenters. The lowest BCUT2D eigenvalue weighted by Crippen LogP contribution is -2.10. The molecular weight excluding hydrogens is 705 g/mol. The van der Waals surface area contributed by atoms with Crippen molar-refractivity contribution < 1.29 is 4.42 Å². The Hall–Kier alpha value is -7.62. The molecule has 0 amide bonds. The molecule has 11 aromatic rings. The number of hydrogen-bond donors (Lipinski definition) is 0. The number of benzene rings is 9. The monoisotopic (exact) mass is 742 g/mol. The van der Waals surface area contributed by atoms with Crippen LogP contribution >= 0.6 is 0 Å². The van der Waals surface area contributed by atoms with Crippen LogP contribution in [0.25, 0.3) is 82.8 Å². The molecule has 0 N–H and O–H groups in total. The van der Waals surface area contributed by atoms with Gasteiger partial charge in [-0.05, 0) is 101 Å². The molecule has 0 aliphatic heterocycles. The zero-order chi connectivity index (χ0) is 38.6. The van der Waals surface area contributed by atoms with E-state index in [1.807, 2.05) is 12.1 Å². The molecule has 0 atom stereocenters. The number of fused-ring (bicyclic) bond motifs is 6. The lowest BCUT2D eigenvalue weighted by Gasteiger charge is -2.27. The number of rotatable bonds is 7. The maximum atomic E-state index is 6.24. The standard InChI is InChI=1S/C55H38N2O/c1-37-14-12-21-45(42-30-35-53-48(36-42)46-19-9-11-25-52(46)58-53)55(37)57-49-22-10-8-20-47(49)54-50(23-13-24-51(54)57)56(43-31-26-40(27-32-43)38-15-4-2-5-16-38)44-33-28-41(29-34-44)39-17-6-3-7-18-39/h2-36H,1H3. The Morgan fingerprint density at radius 2 is 0.931 bits per heavy atom. The van der Waals surface area contributed by atoms with E-state index in [4.69, 9.17) is 4.42 Å². The van der Waals surface area contributed by atoms with Crippen LogP contribution in [0.3, 0.4) is 0 Å². The van der Waals surface area contributed by atoms with Crippen LogP contribution in [0, 0.1) is 6.92 Å². The highest BCUT2D eigenvalue weighted by molar-refractivity contribution is 6.17. The van der Waals surface area contributed by atoms with Gasteiger partial charge in [0.1, 0.15) is 11.2 Å². The quantitative estimate of drug-likeness (QED) is 0.162. The molecule has 0 saturated heterocycles. The van der Waals surface area contributed by atoms with E-state index in [1.54, 1.807) is 0 Å². The van der Waals surface area contributed by atoms with E-state index < -0.39 is 0 Å². The number of anilines is 3. The molecule has 3 nitrogen and oxygen atoms in total. The summed E-state index contributed by atoms with van der Waals surface area (Å²) >= 11 is 0. The van der Waals surface area contributed by atoms with E-state index in [0.717, 1.165) is 55.6 Å². The Labute approximate surface area is 337 Å². The van der Waals surface area contributed by atoms with E-state index in [1.165, 1.54) is 49.8 Å². The van der Waals surface area contributed by atoms with Gasteiger partial charge in [0.2, 0.25) is 0 Å². The van der Waals surface area contributed by atoms with Crippen LogP contribution in [0.15, 0.2) is 217 Å². The number of hydrogen-bond acceptors (Lipinski definition) is 2. The molecule has 58 heavy (non-hydrogen) atoms. The number of aromatic nitrogens is 1. The van der Waals surface area contributed by atoms with Gasteiger partial charge < -0.3 is 13.9 Å². The topological polar surface area (TPSA) is 21.3 Å². The minimum atomic E-state index is 0.898. The van der Waals surface area contributed by atoms with Crippen molar-refractivity contribution in [3.05, 3.63) is 218 Å². The third-order valence-corrected chi connectivity index (χ3v) is 11.5. The van der Waals surface area contributed by atoms with E-state index in [0.29, 0.717) is 0 Å². The first-order valence-electron chi connectivity index (χ1n) is 19.8. The summed E-state index contributed by atoms with van der Waals surface area (Å²) < 4.78 is 8.72. The second kappa shape index (κ2) is 13.8. The molecule has 0 spiro atoms. The maximum absolute atomic E-state index is 6.24. The largest absolute Gasteiger partial charge is 0.456 e. The molecule has 0 radical (unpaired) electrons. The van der Waals surface area contributed by atoms with E-state index in [2.05, 4.69) is 217 Å². The van der Waals surface area contributed by atoms with Gasteiger partial charge in [-0.1, -0.05) is 152 Å². The molecular formula is C55H38N2O. The van der Waals surface area contributed by atoms with Crippen LogP contribution < -0.4 is 4.90 Å². The van der Waals surface area contributed by atoms with Gasteiger partial charge in [0.05, 0.1) is 22.4 Å². The van der Waals surface area contributed by atoms with Crippen molar-refractivity contribution in [2.75, 3.05) is 4.90 Å². The zero-order valence-electron chi connectivity index (χ0n) is 32.0. The van der Waals surface area contributed by atoms with Crippen LogP contribution in [-0.2, 0) is 0 Å². The Morgan fingerprint density at radius 1 is 0.397 bits per heavy atom. The van der Waals surface area contributed by atoms with Crippen LogP contribution in [-0.4, -0.2) is 4.57 Å². The Kier molecular flexibility index (Phi) is 8.04. The zero-order valence-corrected chi connectivity index (χ0v) is 32.0. The molecule has 2 aromatic heterocycles. The first kappa shape index (κ1) is 33.7. The van der Waals surface area contributed by atoms with Gasteiger partial charge >= 0.3 is 0 Å². The van der Waals surface area contributed by atoms with E-state index >= 15 is 0 Å². The van der Waals surface area contributed by atoms with E-state index in [9.17, 15) is 0 Å². The van der Waals surface area contributed by atoms with Crippen molar-refractivity contribution in [2.24, 2.45) is 0 Å². The average molecular weight is 743 g/mol. The Bertz CT molecular complexity index is 3180. The van der Waals surface area contributed by atoms with Crippen molar-refractivity contribution in [1.29, 1.82) is 0 Å². The lowest BCUT2D eigenvalue weighted by molar-refractivity contribution is 0.669. The maximum Gasteiger partial charge on any atom is 0.135 e. The molecule has 0 bridgehead atoms. The molecule has 3 heteroatoms. The number of para-hydroxylation sites is 3. The molecule has 9 aromatic carbocycles. The normalized spacial score (nSPS) is 11.5. The molecule has 0 saturated carbocycles. The highest BCUT2D eigenvalue weighted by Gasteiger charge is 2.23. The second-order valence-corrected chi connectivity index (χ2v) is 15.0. The lowest BCUT2D eigenvalue weighted by atomic mass is 9.98. The van der Waals surface area contributed by atoms with Gasteiger partial charge in [0.25, 0.3) is 0 Å². The fourth-order valence-electron chi connectivity index (χ4n) is 8.80. The number of furan rings is 1. The number of aryl methyl sites for hydroxylation is 1. The van der Waals surface area contributed by atoms with Crippen molar-refractivity contribution in [1.82, 2.24) is 4.57 Å². The fraction of sp³-hybridized carbons (Fsp3) is 0.0182. The summed E-state index contributed by atoms with van der Waals surface area (Å²) in [5.74, 6) is 0. The molecule has 11 rings (SSSR count). The third-order valence-electron chi connectivity index (χ3n) is 11.5. The third kappa shape index (κ3) is 5.59. The highest BCUT2D eigenvalue weighted by atomic mass is 16.3. The predicted molar refractivity (Wildman–Crippen MR) is 244 cm³/mol. The Balaban J connectivity index is 1.13. The minimum absolute atomic E-state index is 0.898. The summed E-state index contributed by atoms with van der Waals surface area (Å²) in [6.07, 6.45) is 0. The molecule has 274 valence electrons. The fourth-order valence-corrected chi connectivity index (χ4v) is 8.80. The number of nitrogens with zero attached hydrogens (tertiary/aromatic N) is 2. The summed E-state index contributed by atoms with van der Waals surface area (Å²) in [6, 6.07) is 76.3. The van der Waals surface area contributed by atoms with Crippen molar-refractivity contribution >= 4 is 60.8 Å². The average Bonchev–Trinajstić information content (AvgIpc) is 3.83. The Morgan fingerprint density at radius 3 is 1.62 bits per heavy atom. The first-order chi connectivity index (χ1) is 28.7. The van der Waals surface area contributed by atoms with Crippen LogP contribution in [0.5, 0.6) is 0 Å². The highest BCUT2D eigenvalue weighted by Crippen LogP contribution is 2.46. The van der Waals surface area contributed by atoms with Crippen molar-refractivity contribution in [3.63, 3.8) is 0 Å². The van der Waals surface area contributed by atoms with Crippen LogP contribution in [0.2, 0.25) is 0 Å². The van der Waals surface area contributed by atoms with Gasteiger partial charge in [-0.3, -0.25) is 0 Å². The van der Waals surface area contributed by atoms with Gasteiger partial charge in [-0.25, -0.2) is 0 Å². The van der Waals surface area contributed by atoms with Crippen molar-refractivity contribution in [3.8, 4) is 39.1 Å². The molecule has 0 aliphatic rings. The molecule has 0 fully saturated rings. The van der Waals surface area contributed by atoms with Crippen LogP contribution in [0.1, 0.15) is 5.56 Å². The van der Waals surface area contributed by atoms with Gasteiger partial charge in [-0.15, -0.1) is 0 Å². The SMILES string of the molecule is Cc1cccc(-c2ccc3oc4ccccc4c3c2)c1-n1c2ccccc2c2c(N(c3ccc(-c4ccccc4)cc3)c3ccc(-c4ccccc4)cc3)cccc21. The summed E-state index contributed by atoms with van der Waals surface area (Å²) in [6.45, 7) is 2.23. The minimum Gasteiger partial charge on any atom is -0.456 e. The molecule has 0 aliphatic carbocycles. The van der Waals surface area contributed by atoms with Gasteiger partial charge in [0.15, 0.2) is 0 Å². The first-order valence-corrected chi connectivity index (χ1v) is 19.8. The summed E-state index contributed by atoms with van der Waals surface area (Å²) in [7, 11) is 0. The molecule has 2 heterocycles. The van der Waals surface area contributed by atoms with E-state index in [-0.39, 0.29) is 0 Å². The smallest absolute Gasteiger partial charge is 0.135 e.